The Kier molecular flexibility index (Phi) is 13.7. The van der Waals surface area contributed by atoms with Crippen molar-refractivity contribution in [1.82, 2.24) is 16.0 Å². The molecular weight excluding hydrogens is 494 g/mol. The molecule has 0 aromatic heterocycles. The quantitative estimate of drug-likeness (QED) is 0.213. The number of nitrogens with one attached hydrogen (secondary N) is 3. The van der Waals surface area contributed by atoms with Gasteiger partial charge < -0.3 is 30.5 Å². The van der Waals surface area contributed by atoms with Crippen LogP contribution in [0.4, 0.5) is 4.79 Å². The predicted octanol–water partition coefficient (Wildman–Crippen LogP) is 2.90. The summed E-state index contributed by atoms with van der Waals surface area (Å²) in [5.41, 5.74) is 0.761. The molecule has 0 fully saturated rings. The summed E-state index contributed by atoms with van der Waals surface area (Å²) in [6.45, 7) is 12.2. The van der Waals surface area contributed by atoms with Crippen LogP contribution in [0.25, 0.3) is 0 Å². The van der Waals surface area contributed by atoms with Crippen molar-refractivity contribution in [3.8, 4) is 0 Å². The highest BCUT2D eigenvalue weighted by atomic mass is 32.2. The second-order valence-electron chi connectivity index (χ2n) is 9.34. The predicted molar refractivity (Wildman–Crippen MR) is 147 cm³/mol. The van der Waals surface area contributed by atoms with Gasteiger partial charge in [0.05, 0.1) is 17.5 Å². The molecule has 37 heavy (non-hydrogen) atoms. The maximum atomic E-state index is 13.1. The zero-order valence-corrected chi connectivity index (χ0v) is 23.4. The number of aliphatic hydroxyl groups excluding tert-OH is 1. The van der Waals surface area contributed by atoms with Crippen LogP contribution in [-0.4, -0.2) is 64.5 Å². The third-order valence-electron chi connectivity index (χ3n) is 4.94. The molecule has 10 heteroatoms. The minimum atomic E-state index is -1.45. The number of likely N-dealkylation sites (N-methyl/N-ethyl adjacent to an activating group) is 1. The molecule has 4 atom stereocenters. The van der Waals surface area contributed by atoms with Gasteiger partial charge in [0.15, 0.2) is 0 Å². The standard InChI is InChI=1S/C27H41N3O6S/c1-8-13-21(28-7)24(9-2)35-16-23(31)19(3)29-25(32)22(30-26(33)36-27(4,5)6)18-37(34)17-20-14-11-10-12-15-20/h8-15,19,22-23,28,31H,2,16-18H2,1,3-7H3,(H,29,32)(H,30,33)/b13-8-,24-21-. The van der Waals surface area contributed by atoms with Crippen molar-refractivity contribution in [2.24, 2.45) is 0 Å². The molecule has 0 radical (unpaired) electrons. The fraction of sp³-hybridized carbons (Fsp3) is 0.481. The molecule has 0 aliphatic rings. The van der Waals surface area contributed by atoms with E-state index in [2.05, 4.69) is 22.5 Å². The molecular formula is C27H41N3O6S. The molecule has 0 aliphatic heterocycles. The van der Waals surface area contributed by atoms with E-state index in [9.17, 15) is 18.9 Å². The molecule has 0 bridgehead atoms. The molecule has 4 unspecified atom stereocenters. The van der Waals surface area contributed by atoms with Crippen LogP contribution in [0, 0.1) is 0 Å². The highest BCUT2D eigenvalue weighted by Crippen LogP contribution is 2.10. The number of hydrogen-bond donors (Lipinski definition) is 4. The zero-order valence-electron chi connectivity index (χ0n) is 22.6. The molecule has 9 nitrogen and oxygen atoms in total. The summed E-state index contributed by atoms with van der Waals surface area (Å²) in [5.74, 6) is -0.0528. The number of aliphatic hydroxyl groups is 1. The Morgan fingerprint density at radius 2 is 1.84 bits per heavy atom. The minimum Gasteiger partial charge on any atom is -0.489 e. The van der Waals surface area contributed by atoms with E-state index in [4.69, 9.17) is 9.47 Å². The molecule has 0 aliphatic carbocycles. The Balaban J connectivity index is 2.89. The average Bonchev–Trinajstić information content (AvgIpc) is 2.82. The van der Waals surface area contributed by atoms with E-state index in [1.165, 1.54) is 6.08 Å². The summed E-state index contributed by atoms with van der Waals surface area (Å²) in [5, 5.41) is 18.8. The smallest absolute Gasteiger partial charge is 0.408 e. The van der Waals surface area contributed by atoms with Gasteiger partial charge in [0.2, 0.25) is 5.91 Å². The Hall–Kier alpha value is -3.11. The molecule has 1 rings (SSSR count). The highest BCUT2D eigenvalue weighted by molar-refractivity contribution is 7.84. The molecule has 0 spiro atoms. The lowest BCUT2D eigenvalue weighted by Crippen LogP contribution is -2.54. The van der Waals surface area contributed by atoms with Crippen LogP contribution in [0.5, 0.6) is 0 Å². The van der Waals surface area contributed by atoms with Crippen LogP contribution in [0.2, 0.25) is 0 Å². The number of allylic oxidation sites excluding steroid dienone is 3. The lowest BCUT2D eigenvalue weighted by Gasteiger charge is -2.26. The van der Waals surface area contributed by atoms with Crippen LogP contribution in [0.3, 0.4) is 0 Å². The molecule has 0 heterocycles. The van der Waals surface area contributed by atoms with Gasteiger partial charge in [-0.1, -0.05) is 43.0 Å². The fourth-order valence-electron chi connectivity index (χ4n) is 3.08. The SMILES string of the molecule is C=C/C(OCC(O)C(C)NC(=O)C(CS(=O)Cc1ccccc1)NC(=O)OC(C)(C)C)=C(\C=C/C)NC. The van der Waals surface area contributed by atoms with Crippen LogP contribution >= 0.6 is 0 Å². The number of alkyl carbamates (subject to hydrolysis) is 1. The Bertz CT molecular complexity index is 972. The van der Waals surface area contributed by atoms with Gasteiger partial charge in [-0.2, -0.15) is 0 Å². The summed E-state index contributed by atoms with van der Waals surface area (Å²) >= 11 is 0. The van der Waals surface area contributed by atoms with Crippen molar-refractivity contribution >= 4 is 22.8 Å². The van der Waals surface area contributed by atoms with Crippen LogP contribution in [0.1, 0.15) is 40.2 Å². The molecule has 4 N–H and O–H groups in total. The Labute approximate surface area is 222 Å². The van der Waals surface area contributed by atoms with Gasteiger partial charge in [-0.15, -0.1) is 0 Å². The number of benzene rings is 1. The van der Waals surface area contributed by atoms with Gasteiger partial charge in [0.25, 0.3) is 0 Å². The van der Waals surface area contributed by atoms with Gasteiger partial charge >= 0.3 is 6.09 Å². The van der Waals surface area contributed by atoms with Crippen molar-refractivity contribution < 1.29 is 28.4 Å². The first-order valence-electron chi connectivity index (χ1n) is 12.1. The number of ether oxygens (including phenoxy) is 2. The maximum absolute atomic E-state index is 13.1. The third-order valence-corrected chi connectivity index (χ3v) is 6.30. The number of amides is 2. The molecule has 0 saturated carbocycles. The van der Waals surface area contributed by atoms with Crippen molar-refractivity contribution in [2.75, 3.05) is 19.4 Å². The van der Waals surface area contributed by atoms with Crippen molar-refractivity contribution in [2.45, 2.75) is 64.2 Å². The first-order valence-corrected chi connectivity index (χ1v) is 13.6. The fourth-order valence-corrected chi connectivity index (χ4v) is 4.37. The van der Waals surface area contributed by atoms with Gasteiger partial charge in [0.1, 0.15) is 30.1 Å². The molecule has 0 saturated heterocycles. The molecule has 2 amide bonds. The van der Waals surface area contributed by atoms with E-state index in [1.807, 2.05) is 43.3 Å². The van der Waals surface area contributed by atoms with E-state index in [-0.39, 0.29) is 18.1 Å². The van der Waals surface area contributed by atoms with E-state index >= 15 is 0 Å². The van der Waals surface area contributed by atoms with Crippen molar-refractivity contribution in [1.29, 1.82) is 0 Å². The van der Waals surface area contributed by atoms with Gasteiger partial charge in [-0.3, -0.25) is 9.00 Å². The number of rotatable bonds is 14. The molecule has 1 aromatic rings. The Morgan fingerprint density at radius 3 is 2.38 bits per heavy atom. The van der Waals surface area contributed by atoms with Crippen LogP contribution in [-0.2, 0) is 30.8 Å². The number of carbonyl (C=O) groups is 2. The molecule has 1 aromatic carbocycles. The second kappa shape index (κ2) is 15.9. The summed E-state index contributed by atoms with van der Waals surface area (Å²) < 4.78 is 23.8. The lowest BCUT2D eigenvalue weighted by atomic mass is 10.2. The van der Waals surface area contributed by atoms with E-state index in [0.717, 1.165) is 5.56 Å². The number of carbonyl (C=O) groups excluding carboxylic acids is 2. The largest absolute Gasteiger partial charge is 0.489 e. The van der Waals surface area contributed by atoms with Gasteiger partial charge in [0, 0.05) is 23.6 Å². The number of hydrogen-bond acceptors (Lipinski definition) is 7. The van der Waals surface area contributed by atoms with Crippen molar-refractivity contribution in [3.05, 3.63) is 72.2 Å². The average molecular weight is 536 g/mol. The normalized spacial score (nSPS) is 15.5. The zero-order chi connectivity index (χ0) is 28.0. The second-order valence-corrected chi connectivity index (χ2v) is 10.8. The molecule has 206 valence electrons. The van der Waals surface area contributed by atoms with Crippen LogP contribution < -0.4 is 16.0 Å². The Morgan fingerprint density at radius 1 is 1.19 bits per heavy atom. The van der Waals surface area contributed by atoms with Gasteiger partial charge in [-0.25, -0.2) is 4.79 Å². The topological polar surface area (TPSA) is 126 Å². The van der Waals surface area contributed by atoms with Crippen LogP contribution in [0.15, 0.2) is 66.6 Å². The van der Waals surface area contributed by atoms with Crippen molar-refractivity contribution in [3.63, 3.8) is 0 Å². The monoisotopic (exact) mass is 535 g/mol. The first-order chi connectivity index (χ1) is 17.4. The highest BCUT2D eigenvalue weighted by Gasteiger charge is 2.28. The summed E-state index contributed by atoms with van der Waals surface area (Å²) in [4.78, 5) is 25.5. The lowest BCUT2D eigenvalue weighted by molar-refractivity contribution is -0.124. The van der Waals surface area contributed by atoms with E-state index < -0.39 is 46.6 Å². The third kappa shape index (κ3) is 12.6. The minimum absolute atomic E-state index is 0.115. The van der Waals surface area contributed by atoms with E-state index in [0.29, 0.717) is 11.5 Å². The van der Waals surface area contributed by atoms with E-state index in [1.54, 1.807) is 40.8 Å². The summed E-state index contributed by atoms with van der Waals surface area (Å²) in [6, 6.07) is 7.35. The maximum Gasteiger partial charge on any atom is 0.408 e. The summed E-state index contributed by atoms with van der Waals surface area (Å²) in [7, 11) is 0.282. The van der Waals surface area contributed by atoms with Gasteiger partial charge in [-0.05, 0) is 52.3 Å². The first kappa shape index (κ1) is 31.9. The summed E-state index contributed by atoms with van der Waals surface area (Å²) in [6.07, 6.45) is 3.28.